The summed E-state index contributed by atoms with van der Waals surface area (Å²) in [6, 6.07) is 3.55. The molecule has 0 spiro atoms. The van der Waals surface area contributed by atoms with Gasteiger partial charge < -0.3 is 20.2 Å². The maximum absolute atomic E-state index is 12.1. The van der Waals surface area contributed by atoms with Crippen LogP contribution in [0.1, 0.15) is 51.1 Å². The Morgan fingerprint density at radius 2 is 2.26 bits per heavy atom. The molecule has 1 fully saturated rings. The Morgan fingerprint density at radius 3 is 2.91 bits per heavy atom. The third kappa shape index (κ3) is 5.46. The molecule has 0 bridgehead atoms. The van der Waals surface area contributed by atoms with Crippen LogP contribution in [-0.2, 0) is 5.60 Å². The number of furan rings is 1. The molecule has 0 radical (unpaired) electrons. The van der Waals surface area contributed by atoms with E-state index in [-0.39, 0.29) is 18.6 Å². The standard InChI is InChI=1S/C17H28N2O3S/c1-4-23-14-7-5-6-13(10-14)19-16(20)18-11-17(3,21)15-9-8-12(2)22-15/h8-9,13-14,21H,4-7,10-11H2,1-3H3,(H2,18,19,20). The molecule has 2 amide bonds. The first-order valence-corrected chi connectivity index (χ1v) is 9.41. The lowest BCUT2D eigenvalue weighted by molar-refractivity contribution is 0.0358. The Labute approximate surface area is 142 Å². The number of aliphatic hydroxyl groups is 1. The average Bonchev–Trinajstić information content (AvgIpc) is 2.94. The summed E-state index contributed by atoms with van der Waals surface area (Å²) in [5.74, 6) is 2.33. The number of hydrogen-bond acceptors (Lipinski definition) is 4. The van der Waals surface area contributed by atoms with Gasteiger partial charge in [0.15, 0.2) is 0 Å². The molecule has 3 atom stereocenters. The fourth-order valence-corrected chi connectivity index (χ4v) is 4.14. The van der Waals surface area contributed by atoms with Gasteiger partial charge in [-0.15, -0.1) is 0 Å². The van der Waals surface area contributed by atoms with E-state index in [0.29, 0.717) is 11.0 Å². The van der Waals surface area contributed by atoms with Crippen molar-refractivity contribution in [2.75, 3.05) is 12.3 Å². The second kappa shape index (κ2) is 8.11. The third-order valence-electron chi connectivity index (χ3n) is 4.23. The van der Waals surface area contributed by atoms with E-state index in [4.69, 9.17) is 4.42 Å². The van der Waals surface area contributed by atoms with Gasteiger partial charge in [-0.1, -0.05) is 13.3 Å². The van der Waals surface area contributed by atoms with Crippen molar-refractivity contribution < 1.29 is 14.3 Å². The zero-order chi connectivity index (χ0) is 16.9. The molecule has 130 valence electrons. The number of urea groups is 1. The minimum absolute atomic E-state index is 0.117. The molecule has 6 heteroatoms. The summed E-state index contributed by atoms with van der Waals surface area (Å²) < 4.78 is 5.45. The van der Waals surface area contributed by atoms with Crippen molar-refractivity contribution in [2.24, 2.45) is 0 Å². The summed E-state index contributed by atoms with van der Waals surface area (Å²) >= 11 is 1.98. The van der Waals surface area contributed by atoms with Gasteiger partial charge in [0.05, 0.1) is 6.54 Å². The number of carbonyl (C=O) groups is 1. The second-order valence-corrected chi connectivity index (χ2v) is 8.03. The lowest BCUT2D eigenvalue weighted by atomic mass is 9.95. The predicted octanol–water partition coefficient (Wildman–Crippen LogP) is 3.16. The molecular formula is C17H28N2O3S. The zero-order valence-corrected chi connectivity index (χ0v) is 15.0. The zero-order valence-electron chi connectivity index (χ0n) is 14.2. The Kier molecular flexibility index (Phi) is 6.41. The van der Waals surface area contributed by atoms with Crippen molar-refractivity contribution in [1.29, 1.82) is 0 Å². The molecule has 1 aliphatic carbocycles. The summed E-state index contributed by atoms with van der Waals surface area (Å²) in [5.41, 5.74) is -1.21. The summed E-state index contributed by atoms with van der Waals surface area (Å²) in [6.07, 6.45) is 4.46. The van der Waals surface area contributed by atoms with E-state index in [9.17, 15) is 9.90 Å². The van der Waals surface area contributed by atoms with E-state index in [1.165, 1.54) is 6.42 Å². The molecule has 2 rings (SSSR count). The summed E-state index contributed by atoms with van der Waals surface area (Å²) in [6.45, 7) is 5.76. The Morgan fingerprint density at radius 1 is 1.48 bits per heavy atom. The number of amides is 2. The molecule has 1 aliphatic rings. The largest absolute Gasteiger partial charge is 0.463 e. The molecule has 0 aliphatic heterocycles. The van der Waals surface area contributed by atoms with Crippen LogP contribution < -0.4 is 10.6 Å². The van der Waals surface area contributed by atoms with Crippen LogP contribution >= 0.6 is 11.8 Å². The van der Waals surface area contributed by atoms with Gasteiger partial charge in [0.25, 0.3) is 0 Å². The van der Waals surface area contributed by atoms with Crippen LogP contribution in [0.3, 0.4) is 0 Å². The highest BCUT2D eigenvalue weighted by Crippen LogP contribution is 2.28. The summed E-state index contributed by atoms with van der Waals surface area (Å²) in [7, 11) is 0. The van der Waals surface area contributed by atoms with E-state index in [1.54, 1.807) is 19.1 Å². The Balaban J connectivity index is 1.78. The monoisotopic (exact) mass is 340 g/mol. The third-order valence-corrected chi connectivity index (χ3v) is 5.46. The van der Waals surface area contributed by atoms with Gasteiger partial charge in [0.2, 0.25) is 0 Å². The Bertz CT molecular complexity index is 514. The molecule has 1 saturated carbocycles. The summed E-state index contributed by atoms with van der Waals surface area (Å²) in [4.78, 5) is 12.1. The van der Waals surface area contributed by atoms with Crippen molar-refractivity contribution >= 4 is 17.8 Å². The molecule has 1 aromatic heterocycles. The SMILES string of the molecule is CCSC1CCCC(NC(=O)NCC(C)(O)c2ccc(C)o2)C1. The number of rotatable bonds is 6. The number of hydrogen-bond donors (Lipinski definition) is 3. The number of nitrogens with one attached hydrogen (secondary N) is 2. The van der Waals surface area contributed by atoms with Gasteiger partial charge in [-0.2, -0.15) is 11.8 Å². The lowest BCUT2D eigenvalue weighted by Crippen LogP contribution is -2.48. The first-order chi connectivity index (χ1) is 10.9. The van der Waals surface area contributed by atoms with Crippen LogP contribution in [0.4, 0.5) is 4.79 Å². The molecule has 3 N–H and O–H groups in total. The van der Waals surface area contributed by atoms with Crippen LogP contribution in [-0.4, -0.2) is 34.7 Å². The topological polar surface area (TPSA) is 74.5 Å². The molecule has 23 heavy (non-hydrogen) atoms. The van der Waals surface area contributed by atoms with E-state index < -0.39 is 5.60 Å². The first-order valence-electron chi connectivity index (χ1n) is 8.36. The molecule has 0 aromatic carbocycles. The van der Waals surface area contributed by atoms with E-state index >= 15 is 0 Å². The fraction of sp³-hybridized carbons (Fsp3) is 0.706. The van der Waals surface area contributed by atoms with Gasteiger partial charge in [0, 0.05) is 11.3 Å². The molecule has 3 unspecified atom stereocenters. The normalized spacial score (nSPS) is 24.0. The first kappa shape index (κ1) is 18.2. The van der Waals surface area contributed by atoms with Crippen LogP contribution in [0.2, 0.25) is 0 Å². The van der Waals surface area contributed by atoms with Crippen LogP contribution in [0.15, 0.2) is 16.5 Å². The highest BCUT2D eigenvalue weighted by atomic mass is 32.2. The highest BCUT2D eigenvalue weighted by Gasteiger charge is 2.28. The second-order valence-electron chi connectivity index (χ2n) is 6.45. The minimum Gasteiger partial charge on any atom is -0.463 e. The lowest BCUT2D eigenvalue weighted by Gasteiger charge is -2.29. The molecule has 1 aromatic rings. The van der Waals surface area contributed by atoms with E-state index in [1.807, 2.05) is 18.7 Å². The molecule has 0 saturated heterocycles. The summed E-state index contributed by atoms with van der Waals surface area (Å²) in [5, 5.41) is 16.9. The maximum Gasteiger partial charge on any atom is 0.315 e. The highest BCUT2D eigenvalue weighted by molar-refractivity contribution is 7.99. The van der Waals surface area contributed by atoms with Gasteiger partial charge in [-0.05, 0) is 51.0 Å². The van der Waals surface area contributed by atoms with E-state index in [2.05, 4.69) is 17.6 Å². The molecular weight excluding hydrogens is 312 g/mol. The van der Waals surface area contributed by atoms with Gasteiger partial charge in [-0.25, -0.2) is 4.79 Å². The fourth-order valence-electron chi connectivity index (χ4n) is 2.96. The number of carbonyl (C=O) groups excluding carboxylic acids is 1. The van der Waals surface area contributed by atoms with Gasteiger partial charge >= 0.3 is 6.03 Å². The van der Waals surface area contributed by atoms with Crippen LogP contribution in [0, 0.1) is 6.92 Å². The average molecular weight is 340 g/mol. The van der Waals surface area contributed by atoms with Gasteiger partial charge in [0.1, 0.15) is 17.1 Å². The van der Waals surface area contributed by atoms with Crippen molar-refractivity contribution in [3.63, 3.8) is 0 Å². The quantitative estimate of drug-likeness (QED) is 0.744. The van der Waals surface area contributed by atoms with Crippen LogP contribution in [0.5, 0.6) is 0 Å². The van der Waals surface area contributed by atoms with Crippen molar-refractivity contribution in [3.05, 3.63) is 23.7 Å². The minimum atomic E-state index is -1.21. The smallest absolute Gasteiger partial charge is 0.315 e. The number of aryl methyl sites for hydroxylation is 1. The Hall–Kier alpha value is -1.14. The number of thioether (sulfide) groups is 1. The predicted molar refractivity (Wildman–Crippen MR) is 93.7 cm³/mol. The van der Waals surface area contributed by atoms with Gasteiger partial charge in [-0.3, -0.25) is 0 Å². The van der Waals surface area contributed by atoms with Crippen molar-refractivity contribution in [2.45, 2.75) is 63.3 Å². The maximum atomic E-state index is 12.1. The molecule has 1 heterocycles. The van der Waals surface area contributed by atoms with E-state index in [0.717, 1.165) is 30.8 Å². The van der Waals surface area contributed by atoms with Crippen LogP contribution in [0.25, 0.3) is 0 Å². The molecule has 5 nitrogen and oxygen atoms in total. The van der Waals surface area contributed by atoms with Crippen molar-refractivity contribution in [1.82, 2.24) is 10.6 Å². The van der Waals surface area contributed by atoms with Crippen molar-refractivity contribution in [3.8, 4) is 0 Å².